The predicted octanol–water partition coefficient (Wildman–Crippen LogP) is 1.22. The average Bonchev–Trinajstić information content (AvgIpc) is 2.30. The number of carboxylic acids is 1. The van der Waals surface area contributed by atoms with Gasteiger partial charge in [0, 0.05) is 6.54 Å². The van der Waals surface area contributed by atoms with Gasteiger partial charge in [-0.05, 0) is 18.3 Å². The fourth-order valence-corrected chi connectivity index (χ4v) is 1.83. The van der Waals surface area contributed by atoms with Crippen LogP contribution < -0.4 is 11.1 Å². The summed E-state index contributed by atoms with van der Waals surface area (Å²) in [7, 11) is 0. The van der Waals surface area contributed by atoms with E-state index in [1.165, 1.54) is 0 Å². The van der Waals surface area contributed by atoms with Crippen molar-refractivity contribution in [2.45, 2.75) is 46.6 Å². The molecule has 5 heteroatoms. The molecule has 0 aromatic rings. The number of hydrogen-bond donors (Lipinski definition) is 3. The van der Waals surface area contributed by atoms with Gasteiger partial charge in [-0.2, -0.15) is 0 Å². The lowest BCUT2D eigenvalue weighted by Crippen LogP contribution is -2.48. The van der Waals surface area contributed by atoms with E-state index in [0.717, 1.165) is 0 Å². The zero-order valence-corrected chi connectivity index (χ0v) is 11.8. The molecule has 18 heavy (non-hydrogen) atoms. The highest BCUT2D eigenvalue weighted by Gasteiger charge is 2.28. The number of rotatable bonds is 8. The van der Waals surface area contributed by atoms with Gasteiger partial charge in [-0.15, -0.1) is 0 Å². The van der Waals surface area contributed by atoms with Crippen molar-refractivity contribution < 1.29 is 14.7 Å². The highest BCUT2D eigenvalue weighted by atomic mass is 16.4. The number of hydrogen-bond acceptors (Lipinski definition) is 3. The Balaban J connectivity index is 4.61. The Kier molecular flexibility index (Phi) is 7.59. The minimum Gasteiger partial charge on any atom is -0.480 e. The molecule has 0 aliphatic rings. The summed E-state index contributed by atoms with van der Waals surface area (Å²) in [6, 6.07) is -0.830. The molecule has 0 rings (SSSR count). The number of aliphatic carboxylic acids is 1. The summed E-state index contributed by atoms with van der Waals surface area (Å²) in [5.41, 5.74) is 5.57. The van der Waals surface area contributed by atoms with Crippen molar-refractivity contribution in [1.29, 1.82) is 0 Å². The normalized spacial score (nSPS) is 16.1. The fourth-order valence-electron chi connectivity index (χ4n) is 1.83. The Morgan fingerprint density at radius 1 is 1.28 bits per heavy atom. The molecule has 5 nitrogen and oxygen atoms in total. The van der Waals surface area contributed by atoms with Crippen molar-refractivity contribution >= 4 is 11.9 Å². The molecule has 0 bridgehead atoms. The zero-order valence-electron chi connectivity index (χ0n) is 11.8. The molecule has 0 radical (unpaired) electrons. The van der Waals surface area contributed by atoms with Crippen LogP contribution in [-0.2, 0) is 9.59 Å². The standard InChI is InChI=1S/C13H26N2O3/c1-5-9(4)11(13(17)18)15-12(16)10(7-14)6-8(2)3/h8-11H,5-7,14H2,1-4H3,(H,15,16)(H,17,18). The summed E-state index contributed by atoms with van der Waals surface area (Å²) in [6.07, 6.45) is 1.38. The van der Waals surface area contributed by atoms with E-state index < -0.39 is 12.0 Å². The van der Waals surface area contributed by atoms with Crippen LogP contribution in [0.3, 0.4) is 0 Å². The predicted molar refractivity (Wildman–Crippen MR) is 71.0 cm³/mol. The van der Waals surface area contributed by atoms with Gasteiger partial charge in [-0.3, -0.25) is 4.79 Å². The first-order valence-electron chi connectivity index (χ1n) is 6.56. The topological polar surface area (TPSA) is 92.4 Å². The maximum Gasteiger partial charge on any atom is 0.326 e. The maximum atomic E-state index is 12.0. The van der Waals surface area contributed by atoms with Crippen LogP contribution in [0.4, 0.5) is 0 Å². The van der Waals surface area contributed by atoms with Gasteiger partial charge in [0.25, 0.3) is 0 Å². The largest absolute Gasteiger partial charge is 0.480 e. The Morgan fingerprint density at radius 3 is 2.17 bits per heavy atom. The number of nitrogens with one attached hydrogen (secondary N) is 1. The van der Waals surface area contributed by atoms with E-state index in [1.54, 1.807) is 0 Å². The van der Waals surface area contributed by atoms with Gasteiger partial charge in [0.15, 0.2) is 0 Å². The molecular formula is C13H26N2O3. The molecule has 0 fully saturated rings. The first-order chi connectivity index (χ1) is 8.33. The van der Waals surface area contributed by atoms with Gasteiger partial charge in [0.1, 0.15) is 6.04 Å². The van der Waals surface area contributed by atoms with Crippen LogP contribution in [0.2, 0.25) is 0 Å². The summed E-state index contributed by atoms with van der Waals surface area (Å²) in [6.45, 7) is 8.00. The molecule has 0 aliphatic carbocycles. The van der Waals surface area contributed by atoms with Crippen LogP contribution in [0.1, 0.15) is 40.5 Å². The third kappa shape index (κ3) is 5.49. The van der Waals surface area contributed by atoms with Crippen molar-refractivity contribution in [3.05, 3.63) is 0 Å². The van der Waals surface area contributed by atoms with Crippen LogP contribution in [0.25, 0.3) is 0 Å². The van der Waals surface area contributed by atoms with Crippen LogP contribution in [0.5, 0.6) is 0 Å². The van der Waals surface area contributed by atoms with E-state index >= 15 is 0 Å². The van der Waals surface area contributed by atoms with Gasteiger partial charge in [-0.1, -0.05) is 34.1 Å². The summed E-state index contributed by atoms with van der Waals surface area (Å²) in [4.78, 5) is 23.1. The van der Waals surface area contributed by atoms with E-state index in [4.69, 9.17) is 10.8 Å². The first-order valence-corrected chi connectivity index (χ1v) is 6.56. The molecular weight excluding hydrogens is 232 g/mol. The Hall–Kier alpha value is -1.10. The van der Waals surface area contributed by atoms with E-state index in [2.05, 4.69) is 5.32 Å². The molecule has 106 valence electrons. The lowest BCUT2D eigenvalue weighted by molar-refractivity contribution is -0.144. The SMILES string of the molecule is CCC(C)C(NC(=O)C(CN)CC(C)C)C(=O)O. The van der Waals surface area contributed by atoms with Gasteiger partial charge >= 0.3 is 5.97 Å². The lowest BCUT2D eigenvalue weighted by Gasteiger charge is -2.23. The van der Waals surface area contributed by atoms with Crippen molar-refractivity contribution in [3.63, 3.8) is 0 Å². The van der Waals surface area contributed by atoms with Crippen molar-refractivity contribution in [1.82, 2.24) is 5.32 Å². The quantitative estimate of drug-likeness (QED) is 0.610. The summed E-state index contributed by atoms with van der Waals surface area (Å²) in [5, 5.41) is 11.7. The second kappa shape index (κ2) is 8.08. The average molecular weight is 258 g/mol. The molecule has 0 saturated carbocycles. The smallest absolute Gasteiger partial charge is 0.326 e. The van der Waals surface area contributed by atoms with Crippen LogP contribution >= 0.6 is 0 Å². The van der Waals surface area contributed by atoms with E-state index in [0.29, 0.717) is 18.8 Å². The number of amides is 1. The van der Waals surface area contributed by atoms with Gasteiger partial charge in [-0.25, -0.2) is 4.79 Å². The lowest BCUT2D eigenvalue weighted by atomic mass is 9.94. The highest BCUT2D eigenvalue weighted by Crippen LogP contribution is 2.13. The Bertz CT molecular complexity index is 279. The summed E-state index contributed by atoms with van der Waals surface area (Å²) >= 11 is 0. The third-order valence-corrected chi connectivity index (χ3v) is 3.19. The number of nitrogens with two attached hydrogens (primary N) is 1. The third-order valence-electron chi connectivity index (χ3n) is 3.19. The first kappa shape index (κ1) is 16.9. The molecule has 0 heterocycles. The Morgan fingerprint density at radius 2 is 1.83 bits per heavy atom. The Labute approximate surface area is 109 Å². The van der Waals surface area contributed by atoms with Gasteiger partial charge in [0.05, 0.1) is 5.92 Å². The van der Waals surface area contributed by atoms with Crippen molar-refractivity contribution in [2.75, 3.05) is 6.54 Å². The van der Waals surface area contributed by atoms with Crippen molar-refractivity contribution in [3.8, 4) is 0 Å². The number of carbonyl (C=O) groups is 2. The minimum absolute atomic E-state index is 0.0936. The van der Waals surface area contributed by atoms with Crippen LogP contribution in [0, 0.1) is 17.8 Å². The number of carboxylic acid groups (broad SMARTS) is 1. The fraction of sp³-hybridized carbons (Fsp3) is 0.846. The van der Waals surface area contributed by atoms with Crippen molar-refractivity contribution in [2.24, 2.45) is 23.5 Å². The van der Waals surface area contributed by atoms with Crippen LogP contribution in [0.15, 0.2) is 0 Å². The maximum absolute atomic E-state index is 12.0. The molecule has 3 atom stereocenters. The van der Waals surface area contributed by atoms with E-state index in [-0.39, 0.29) is 24.3 Å². The summed E-state index contributed by atoms with van der Waals surface area (Å²) in [5.74, 6) is -1.28. The van der Waals surface area contributed by atoms with Crippen LogP contribution in [-0.4, -0.2) is 29.6 Å². The molecule has 0 aliphatic heterocycles. The second-order valence-corrected chi connectivity index (χ2v) is 5.27. The second-order valence-electron chi connectivity index (χ2n) is 5.27. The molecule has 0 spiro atoms. The van der Waals surface area contributed by atoms with E-state index in [9.17, 15) is 9.59 Å². The molecule has 4 N–H and O–H groups in total. The molecule has 3 unspecified atom stereocenters. The zero-order chi connectivity index (χ0) is 14.3. The molecule has 0 saturated heterocycles. The monoisotopic (exact) mass is 258 g/mol. The number of carbonyl (C=O) groups excluding carboxylic acids is 1. The van der Waals surface area contributed by atoms with Gasteiger partial charge < -0.3 is 16.2 Å². The molecule has 0 aromatic heterocycles. The molecule has 1 amide bonds. The summed E-state index contributed by atoms with van der Waals surface area (Å²) < 4.78 is 0. The van der Waals surface area contributed by atoms with Gasteiger partial charge in [0.2, 0.25) is 5.91 Å². The van der Waals surface area contributed by atoms with E-state index in [1.807, 2.05) is 27.7 Å². The molecule has 0 aromatic carbocycles. The highest BCUT2D eigenvalue weighted by molar-refractivity contribution is 5.85. The minimum atomic E-state index is -0.988.